The molecule has 0 bridgehead atoms. The van der Waals surface area contributed by atoms with Gasteiger partial charge in [0.1, 0.15) is 0 Å². The Kier molecular flexibility index (Phi) is 3.23. The van der Waals surface area contributed by atoms with Crippen LogP contribution in [0.15, 0.2) is 16.6 Å². The molecule has 0 fully saturated rings. The van der Waals surface area contributed by atoms with Crippen LogP contribution in [0.2, 0.25) is 5.02 Å². The van der Waals surface area contributed by atoms with Crippen molar-refractivity contribution < 1.29 is 8.13 Å². The summed E-state index contributed by atoms with van der Waals surface area (Å²) in [6, 6.07) is 2.80. The van der Waals surface area contributed by atoms with E-state index in [-0.39, 0.29) is 8.82 Å². The molecule has 0 radical (unpaired) electrons. The van der Waals surface area contributed by atoms with Crippen molar-refractivity contribution in [2.45, 2.75) is 0 Å². The van der Waals surface area contributed by atoms with Crippen LogP contribution in [0.3, 0.4) is 0 Å². The topological polar surface area (TPSA) is 17.1 Å². The van der Waals surface area contributed by atoms with Crippen LogP contribution in [-0.2, 0) is 3.74 Å². The van der Waals surface area contributed by atoms with Crippen LogP contribution in [0, 0.1) is 5.82 Å². The van der Waals surface area contributed by atoms with Crippen molar-refractivity contribution in [1.82, 2.24) is 0 Å². The van der Waals surface area contributed by atoms with Crippen molar-refractivity contribution in [3.8, 4) is 0 Å². The first-order valence-electron chi connectivity index (χ1n) is 2.63. The molecule has 0 aromatic heterocycles. The van der Waals surface area contributed by atoms with Gasteiger partial charge in [-0.1, -0.05) is 0 Å². The van der Waals surface area contributed by atoms with Crippen molar-refractivity contribution in [3.63, 3.8) is 0 Å². The molecule has 0 heterocycles. The monoisotopic (exact) mass is 298 g/mol. The van der Waals surface area contributed by atoms with Crippen molar-refractivity contribution in [2.24, 2.45) is 0 Å². The van der Waals surface area contributed by atoms with Gasteiger partial charge in [0, 0.05) is 0 Å². The summed E-state index contributed by atoms with van der Waals surface area (Å²) in [7, 11) is 0. The van der Waals surface area contributed by atoms with Crippen molar-refractivity contribution in [1.29, 1.82) is 0 Å². The molecule has 0 atom stereocenters. The molecule has 0 saturated carbocycles. The number of benzene rings is 1. The van der Waals surface area contributed by atoms with Gasteiger partial charge in [-0.3, -0.25) is 0 Å². The second-order valence-corrected chi connectivity index (χ2v) is 4.50. The van der Waals surface area contributed by atoms with Crippen molar-refractivity contribution >= 4 is 47.6 Å². The van der Waals surface area contributed by atoms with Crippen LogP contribution in [0.25, 0.3) is 0 Å². The summed E-state index contributed by atoms with van der Waals surface area (Å²) in [4.78, 5) is 0. The molecule has 0 amide bonds. The van der Waals surface area contributed by atoms with E-state index in [2.05, 4.69) is 15.9 Å². The third kappa shape index (κ3) is 2.11. The predicted octanol–water partition coefficient (Wildman–Crippen LogP) is 1.92. The van der Waals surface area contributed by atoms with Crippen molar-refractivity contribution in [3.05, 3.63) is 27.4 Å². The Morgan fingerprint density at radius 1 is 1.55 bits per heavy atom. The SMILES string of the molecule is O=[As]c1cc(Cl)cc(Br)c1F. The molecule has 1 aromatic rings. The van der Waals surface area contributed by atoms with Gasteiger partial charge in [0.2, 0.25) is 0 Å². The quantitative estimate of drug-likeness (QED) is 0.572. The molecule has 1 nitrogen and oxygen atoms in total. The van der Waals surface area contributed by atoms with Crippen molar-refractivity contribution in [2.75, 3.05) is 0 Å². The summed E-state index contributed by atoms with van der Waals surface area (Å²) in [5.74, 6) is -0.482. The van der Waals surface area contributed by atoms with Gasteiger partial charge in [-0.2, -0.15) is 0 Å². The predicted molar refractivity (Wildman–Crippen MR) is 45.2 cm³/mol. The fourth-order valence-electron chi connectivity index (χ4n) is 0.609. The van der Waals surface area contributed by atoms with Gasteiger partial charge in [0.15, 0.2) is 0 Å². The van der Waals surface area contributed by atoms with Gasteiger partial charge >= 0.3 is 83.1 Å². The maximum atomic E-state index is 12.9. The van der Waals surface area contributed by atoms with E-state index in [1.165, 1.54) is 12.1 Å². The molecular formula is C6H2AsBrClFO. The third-order valence-corrected chi connectivity index (χ3v) is 2.96. The van der Waals surface area contributed by atoms with Crippen LogP contribution in [0.5, 0.6) is 0 Å². The molecule has 0 aliphatic rings. The molecule has 1 rings (SSSR count). The first-order valence-corrected chi connectivity index (χ1v) is 5.50. The fourth-order valence-corrected chi connectivity index (χ4v) is 2.74. The first-order chi connectivity index (χ1) is 5.15. The Morgan fingerprint density at radius 3 is 2.73 bits per heavy atom. The molecular weight excluding hydrogens is 297 g/mol. The second kappa shape index (κ2) is 3.79. The number of halogens is 3. The van der Waals surface area contributed by atoms with Crippen LogP contribution >= 0.6 is 27.5 Å². The average molecular weight is 299 g/mol. The van der Waals surface area contributed by atoms with Gasteiger partial charge in [-0.05, 0) is 0 Å². The molecule has 0 aliphatic heterocycles. The maximum absolute atomic E-state index is 12.9. The molecule has 0 aliphatic carbocycles. The molecule has 0 saturated heterocycles. The Labute approximate surface area is 83.0 Å². The zero-order chi connectivity index (χ0) is 8.43. The van der Waals surface area contributed by atoms with Crippen LogP contribution in [-0.4, -0.2) is 15.7 Å². The standard InChI is InChI=1S/C6H2AsBrClFO/c8-5-2-3(9)1-4(7-11)6(5)10/h1-2H. The Bertz CT molecular complexity index is 305. The van der Waals surface area contributed by atoms with E-state index < -0.39 is 21.5 Å². The summed E-state index contributed by atoms with van der Waals surface area (Å²) < 4.78 is 23.8. The minimum absolute atomic E-state index is 0.181. The zero-order valence-corrected chi connectivity index (χ0v) is 9.36. The zero-order valence-electron chi connectivity index (χ0n) is 5.14. The second-order valence-electron chi connectivity index (χ2n) is 1.81. The summed E-state index contributed by atoms with van der Waals surface area (Å²) in [6.07, 6.45) is 0. The van der Waals surface area contributed by atoms with E-state index in [0.717, 1.165) is 0 Å². The Balaban J connectivity index is 3.35. The van der Waals surface area contributed by atoms with Crippen LogP contribution in [0.4, 0.5) is 4.39 Å². The minimum atomic E-state index is -1.35. The van der Waals surface area contributed by atoms with Gasteiger partial charge in [0.05, 0.1) is 0 Å². The normalized spacial score (nSPS) is 10.5. The van der Waals surface area contributed by atoms with Gasteiger partial charge < -0.3 is 0 Å². The summed E-state index contributed by atoms with van der Waals surface area (Å²) in [6.45, 7) is 0. The molecule has 0 spiro atoms. The number of hydrogen-bond acceptors (Lipinski definition) is 1. The summed E-state index contributed by atoms with van der Waals surface area (Å²) >= 11 is 7.18. The van der Waals surface area contributed by atoms with E-state index in [0.29, 0.717) is 5.02 Å². The first kappa shape index (κ1) is 9.37. The van der Waals surface area contributed by atoms with E-state index in [1.54, 1.807) is 0 Å². The summed E-state index contributed by atoms with van der Waals surface area (Å²) in [5.41, 5.74) is 0. The number of rotatable bonds is 1. The molecule has 0 N–H and O–H groups in total. The fraction of sp³-hybridized carbons (Fsp3) is 0. The third-order valence-electron chi connectivity index (χ3n) is 1.07. The summed E-state index contributed by atoms with van der Waals surface area (Å²) in [5, 5.41) is 0.388. The average Bonchev–Trinajstić information content (AvgIpc) is 1.96. The molecule has 11 heavy (non-hydrogen) atoms. The van der Waals surface area contributed by atoms with E-state index >= 15 is 0 Å². The molecule has 0 unspecified atom stereocenters. The molecule has 58 valence electrons. The molecule has 1 aromatic carbocycles. The van der Waals surface area contributed by atoms with E-state index in [9.17, 15) is 8.13 Å². The van der Waals surface area contributed by atoms with Crippen LogP contribution < -0.4 is 4.35 Å². The number of hydrogen-bond donors (Lipinski definition) is 0. The van der Waals surface area contributed by atoms with Gasteiger partial charge in [-0.25, -0.2) is 0 Å². The Morgan fingerprint density at radius 2 is 2.18 bits per heavy atom. The van der Waals surface area contributed by atoms with E-state index in [4.69, 9.17) is 11.6 Å². The van der Waals surface area contributed by atoms with E-state index in [1.807, 2.05) is 0 Å². The van der Waals surface area contributed by atoms with Gasteiger partial charge in [-0.15, -0.1) is 0 Å². The van der Waals surface area contributed by atoms with Gasteiger partial charge in [0.25, 0.3) is 0 Å². The molecule has 5 heteroatoms. The Hall–Kier alpha value is 0.278. The van der Waals surface area contributed by atoms with Crippen LogP contribution in [0.1, 0.15) is 0 Å².